The second-order valence-electron chi connectivity index (χ2n) is 11.0. The standard InChI is InChI=1S/C30H28F3N5O4/c31-30(32,33)21-13-16(1-2-17(21)15-38-11-9-34-10-12-38)29(40)37-26-25-20-14-18(3-5-22(20)42-27(25)26)41-23-7-8-35-28-19(23)4-6-24(39)36-28/h1-3,5,7-8,13-14,25-27,34H,4,6,9-12,15H2,(H,37,40)(H,35,36,39)/t25-,26?,27-/m0/s1. The van der Waals surface area contributed by atoms with Crippen LogP contribution >= 0.6 is 0 Å². The van der Waals surface area contributed by atoms with Gasteiger partial charge in [0.15, 0.2) is 0 Å². The number of amides is 2. The van der Waals surface area contributed by atoms with E-state index < -0.39 is 17.6 Å². The number of rotatable bonds is 6. The van der Waals surface area contributed by atoms with E-state index in [0.29, 0.717) is 49.0 Å². The smallest absolute Gasteiger partial charge is 0.416 e. The second kappa shape index (κ2) is 10.3. The molecule has 1 unspecified atom stereocenters. The van der Waals surface area contributed by atoms with Gasteiger partial charge in [-0.2, -0.15) is 13.2 Å². The third-order valence-electron chi connectivity index (χ3n) is 8.24. The number of hydrogen-bond acceptors (Lipinski definition) is 7. The van der Waals surface area contributed by atoms with Crippen LogP contribution in [-0.2, 0) is 23.9 Å². The third-order valence-corrected chi connectivity index (χ3v) is 8.24. The number of piperazine rings is 1. The molecule has 2 aromatic carbocycles. The summed E-state index contributed by atoms with van der Waals surface area (Å²) >= 11 is 0. The van der Waals surface area contributed by atoms with Crippen LogP contribution in [0.4, 0.5) is 19.0 Å². The molecule has 0 spiro atoms. The van der Waals surface area contributed by atoms with E-state index in [1.54, 1.807) is 24.4 Å². The fraction of sp³-hybridized carbons (Fsp3) is 0.367. The van der Waals surface area contributed by atoms with Gasteiger partial charge in [0.2, 0.25) is 5.91 Å². The zero-order valence-corrected chi connectivity index (χ0v) is 22.5. The normalized spacial score (nSPS) is 22.7. The predicted octanol–water partition coefficient (Wildman–Crippen LogP) is 3.84. The molecule has 4 aliphatic rings. The van der Waals surface area contributed by atoms with Crippen molar-refractivity contribution in [2.24, 2.45) is 0 Å². The molecule has 0 bridgehead atoms. The molecule has 12 heteroatoms. The third kappa shape index (κ3) is 5.05. The number of carbonyl (C=O) groups is 2. The number of hydrogen-bond donors (Lipinski definition) is 3. The molecule has 9 nitrogen and oxygen atoms in total. The summed E-state index contributed by atoms with van der Waals surface area (Å²) in [5, 5.41) is 8.82. The number of halogens is 3. The van der Waals surface area contributed by atoms with Crippen LogP contribution in [-0.4, -0.2) is 60.0 Å². The van der Waals surface area contributed by atoms with E-state index in [2.05, 4.69) is 20.9 Å². The van der Waals surface area contributed by atoms with Gasteiger partial charge in [0.25, 0.3) is 5.91 Å². The van der Waals surface area contributed by atoms with Crippen LogP contribution in [0.5, 0.6) is 17.2 Å². The largest absolute Gasteiger partial charge is 0.487 e. The van der Waals surface area contributed by atoms with E-state index in [1.165, 1.54) is 12.1 Å². The first-order valence-electron chi connectivity index (χ1n) is 13.9. The summed E-state index contributed by atoms with van der Waals surface area (Å²) in [5.41, 5.74) is 1.02. The number of nitrogens with one attached hydrogen (secondary N) is 3. The molecule has 0 radical (unpaired) electrons. The van der Waals surface area contributed by atoms with Crippen molar-refractivity contribution in [3.63, 3.8) is 0 Å². The number of aromatic nitrogens is 1. The van der Waals surface area contributed by atoms with E-state index in [9.17, 15) is 22.8 Å². The molecule has 218 valence electrons. The number of alkyl halides is 3. The Bertz CT molecular complexity index is 1570. The summed E-state index contributed by atoms with van der Waals surface area (Å²) in [6.45, 7) is 2.98. The van der Waals surface area contributed by atoms with Gasteiger partial charge in [-0.05, 0) is 48.4 Å². The van der Waals surface area contributed by atoms with Crippen molar-refractivity contribution in [2.75, 3.05) is 31.5 Å². The highest BCUT2D eigenvalue weighted by atomic mass is 19.4. The highest BCUT2D eigenvalue weighted by Gasteiger charge is 2.59. The van der Waals surface area contributed by atoms with Crippen LogP contribution < -0.4 is 25.4 Å². The maximum atomic E-state index is 14.0. The molecule has 2 amide bonds. The molecule has 3 N–H and O–H groups in total. The van der Waals surface area contributed by atoms with Gasteiger partial charge in [0.05, 0.1) is 17.5 Å². The minimum atomic E-state index is -4.58. The maximum Gasteiger partial charge on any atom is 0.416 e. The fourth-order valence-corrected chi connectivity index (χ4v) is 6.02. The Balaban J connectivity index is 1.05. The summed E-state index contributed by atoms with van der Waals surface area (Å²) in [6, 6.07) is 10.6. The van der Waals surface area contributed by atoms with Crippen LogP contribution in [0.15, 0.2) is 48.7 Å². The quantitative estimate of drug-likeness (QED) is 0.408. The van der Waals surface area contributed by atoms with Crippen LogP contribution in [0, 0.1) is 0 Å². The lowest BCUT2D eigenvalue weighted by atomic mass is 10.0. The number of nitrogens with zero attached hydrogens (tertiary/aromatic N) is 2. The van der Waals surface area contributed by atoms with Gasteiger partial charge >= 0.3 is 6.18 Å². The van der Waals surface area contributed by atoms with E-state index in [4.69, 9.17) is 9.47 Å². The number of carbonyl (C=O) groups excluding carboxylic acids is 2. The topological polar surface area (TPSA) is 105 Å². The van der Waals surface area contributed by atoms with Crippen molar-refractivity contribution < 1.29 is 32.2 Å². The lowest BCUT2D eigenvalue weighted by molar-refractivity contribution is -0.138. The Labute approximate surface area is 239 Å². The summed E-state index contributed by atoms with van der Waals surface area (Å²) in [4.78, 5) is 31.0. The summed E-state index contributed by atoms with van der Waals surface area (Å²) in [7, 11) is 0. The van der Waals surface area contributed by atoms with Crippen LogP contribution in [0.3, 0.4) is 0 Å². The van der Waals surface area contributed by atoms with Gasteiger partial charge in [-0.3, -0.25) is 14.5 Å². The number of fused-ring (bicyclic) bond motifs is 4. The molecule has 1 aromatic heterocycles. The highest BCUT2D eigenvalue weighted by molar-refractivity contribution is 5.95. The minimum absolute atomic E-state index is 0.0387. The van der Waals surface area contributed by atoms with Crippen molar-refractivity contribution in [1.82, 2.24) is 20.5 Å². The Morgan fingerprint density at radius 2 is 1.95 bits per heavy atom. The average Bonchev–Trinajstić information content (AvgIpc) is 3.49. The fourth-order valence-electron chi connectivity index (χ4n) is 6.02. The summed E-state index contributed by atoms with van der Waals surface area (Å²) < 4.78 is 54.0. The van der Waals surface area contributed by atoms with Crippen molar-refractivity contribution in [3.05, 3.63) is 76.5 Å². The van der Waals surface area contributed by atoms with E-state index in [-0.39, 0.29) is 41.6 Å². The molecule has 3 atom stereocenters. The van der Waals surface area contributed by atoms with Crippen molar-refractivity contribution in [2.45, 2.75) is 43.6 Å². The average molecular weight is 580 g/mol. The molecule has 3 aliphatic heterocycles. The summed E-state index contributed by atoms with van der Waals surface area (Å²) in [5.74, 6) is 1.54. The Kier molecular flexibility index (Phi) is 6.54. The van der Waals surface area contributed by atoms with Crippen molar-refractivity contribution >= 4 is 17.6 Å². The van der Waals surface area contributed by atoms with E-state index in [1.807, 2.05) is 11.0 Å². The molecule has 7 rings (SSSR count). The first kappa shape index (κ1) is 26.7. The van der Waals surface area contributed by atoms with Gasteiger partial charge < -0.3 is 25.4 Å². The molecular formula is C30H28F3N5O4. The zero-order valence-electron chi connectivity index (χ0n) is 22.5. The molecule has 1 saturated carbocycles. The monoisotopic (exact) mass is 579 g/mol. The van der Waals surface area contributed by atoms with Crippen LogP contribution in [0.25, 0.3) is 0 Å². The molecule has 4 heterocycles. The molecule has 1 aliphatic carbocycles. The Morgan fingerprint density at radius 3 is 2.76 bits per heavy atom. The van der Waals surface area contributed by atoms with Gasteiger partial charge in [-0.1, -0.05) is 6.07 Å². The molecular weight excluding hydrogens is 551 g/mol. The van der Waals surface area contributed by atoms with Gasteiger partial charge in [0, 0.05) is 62.0 Å². The Hall–Kier alpha value is -4.16. The highest BCUT2D eigenvalue weighted by Crippen LogP contribution is 2.54. The first-order valence-corrected chi connectivity index (χ1v) is 13.9. The summed E-state index contributed by atoms with van der Waals surface area (Å²) in [6.07, 6.45) is -2.43. The molecule has 3 aromatic rings. The number of anilines is 1. The van der Waals surface area contributed by atoms with Crippen LogP contribution in [0.2, 0.25) is 0 Å². The Morgan fingerprint density at radius 1 is 1.12 bits per heavy atom. The van der Waals surface area contributed by atoms with Crippen molar-refractivity contribution in [1.29, 1.82) is 0 Å². The van der Waals surface area contributed by atoms with E-state index >= 15 is 0 Å². The van der Waals surface area contributed by atoms with Crippen molar-refractivity contribution in [3.8, 4) is 17.2 Å². The number of pyridine rings is 1. The lowest BCUT2D eigenvalue weighted by Gasteiger charge is -2.28. The van der Waals surface area contributed by atoms with Gasteiger partial charge in [-0.25, -0.2) is 4.98 Å². The minimum Gasteiger partial charge on any atom is -0.487 e. The van der Waals surface area contributed by atoms with Gasteiger partial charge in [0.1, 0.15) is 29.2 Å². The molecule has 2 fully saturated rings. The van der Waals surface area contributed by atoms with Gasteiger partial charge in [-0.15, -0.1) is 0 Å². The zero-order chi connectivity index (χ0) is 29.0. The maximum absolute atomic E-state index is 14.0. The lowest BCUT2D eigenvalue weighted by Crippen LogP contribution is -2.43. The molecule has 42 heavy (non-hydrogen) atoms. The predicted molar refractivity (Wildman–Crippen MR) is 146 cm³/mol. The van der Waals surface area contributed by atoms with E-state index in [0.717, 1.165) is 30.3 Å². The first-order chi connectivity index (χ1) is 20.2. The number of ether oxygens (including phenoxy) is 2. The molecule has 1 saturated heterocycles. The number of benzene rings is 2. The van der Waals surface area contributed by atoms with Crippen LogP contribution in [0.1, 0.15) is 45.0 Å². The SMILES string of the molecule is O=C1CCc2c(Oc3ccc4c(c3)[C@H]3C(NC(=O)c5ccc(CN6CCNCC6)c(C(F)(F)F)c5)[C@H]3O4)ccnc2N1. The second-order valence-corrected chi connectivity index (χ2v) is 11.0.